The Labute approximate surface area is 210 Å². The SMILES string of the molecule is CSCCC(NC(=O)C(N)CCCN=C(N)N)C(=O)NC(CC(C)C)C(=O)NC(C(=O)O)C(C)O. The minimum Gasteiger partial charge on any atom is -0.480 e. The minimum atomic E-state index is -1.53. The first-order chi connectivity index (χ1) is 16.3. The summed E-state index contributed by atoms with van der Waals surface area (Å²) in [5.41, 5.74) is 16.5. The van der Waals surface area contributed by atoms with E-state index in [-0.39, 0.29) is 18.3 Å². The van der Waals surface area contributed by atoms with Crippen LogP contribution in [0.5, 0.6) is 0 Å². The second-order valence-electron chi connectivity index (χ2n) is 8.65. The monoisotopic (exact) mass is 519 g/mol. The number of thioether (sulfide) groups is 1. The topological polar surface area (TPSA) is 235 Å². The predicted molar refractivity (Wildman–Crippen MR) is 135 cm³/mol. The molecule has 0 rings (SSSR count). The maximum Gasteiger partial charge on any atom is 0.328 e. The number of aliphatic imine (C=N–C) groups is 1. The van der Waals surface area contributed by atoms with Gasteiger partial charge in [-0.25, -0.2) is 4.79 Å². The molecule has 14 heteroatoms. The highest BCUT2D eigenvalue weighted by Gasteiger charge is 2.32. The molecule has 0 saturated heterocycles. The van der Waals surface area contributed by atoms with Crippen molar-refractivity contribution < 1.29 is 29.4 Å². The van der Waals surface area contributed by atoms with Crippen LogP contribution in [0.15, 0.2) is 4.99 Å². The number of carboxylic acid groups (broad SMARTS) is 1. The molecular formula is C21H41N7O6S. The van der Waals surface area contributed by atoms with Crippen LogP contribution in [0, 0.1) is 5.92 Å². The molecule has 202 valence electrons. The molecule has 5 unspecified atom stereocenters. The number of guanidine groups is 1. The van der Waals surface area contributed by atoms with E-state index in [2.05, 4.69) is 20.9 Å². The van der Waals surface area contributed by atoms with Crippen molar-refractivity contribution in [3.8, 4) is 0 Å². The molecule has 0 aromatic carbocycles. The molecule has 13 nitrogen and oxygen atoms in total. The molecule has 11 N–H and O–H groups in total. The van der Waals surface area contributed by atoms with E-state index >= 15 is 0 Å². The van der Waals surface area contributed by atoms with E-state index in [1.807, 2.05) is 20.1 Å². The highest BCUT2D eigenvalue weighted by Crippen LogP contribution is 2.09. The lowest BCUT2D eigenvalue weighted by molar-refractivity contribution is -0.145. The van der Waals surface area contributed by atoms with Crippen LogP contribution in [0.2, 0.25) is 0 Å². The van der Waals surface area contributed by atoms with Crippen molar-refractivity contribution in [2.75, 3.05) is 18.6 Å². The van der Waals surface area contributed by atoms with Crippen molar-refractivity contribution in [1.82, 2.24) is 16.0 Å². The quantitative estimate of drug-likeness (QED) is 0.0602. The molecule has 0 saturated carbocycles. The molecule has 35 heavy (non-hydrogen) atoms. The van der Waals surface area contributed by atoms with Gasteiger partial charge in [-0.3, -0.25) is 19.4 Å². The summed E-state index contributed by atoms with van der Waals surface area (Å²) in [7, 11) is 0. The summed E-state index contributed by atoms with van der Waals surface area (Å²) in [4.78, 5) is 53.5. The first-order valence-electron chi connectivity index (χ1n) is 11.4. The van der Waals surface area contributed by atoms with Gasteiger partial charge in [0.25, 0.3) is 0 Å². The van der Waals surface area contributed by atoms with Crippen molar-refractivity contribution in [2.24, 2.45) is 28.1 Å². The zero-order chi connectivity index (χ0) is 27.1. The zero-order valence-electron chi connectivity index (χ0n) is 20.8. The Bertz CT molecular complexity index is 731. The zero-order valence-corrected chi connectivity index (χ0v) is 21.6. The van der Waals surface area contributed by atoms with Gasteiger partial charge in [0.1, 0.15) is 12.1 Å². The van der Waals surface area contributed by atoms with Crippen molar-refractivity contribution >= 4 is 41.4 Å². The largest absolute Gasteiger partial charge is 0.480 e. The minimum absolute atomic E-state index is 0.0150. The highest BCUT2D eigenvalue weighted by molar-refractivity contribution is 7.98. The van der Waals surface area contributed by atoms with E-state index in [4.69, 9.17) is 17.2 Å². The summed E-state index contributed by atoms with van der Waals surface area (Å²) in [5.74, 6) is -2.78. The molecular weight excluding hydrogens is 478 g/mol. The Balaban J connectivity index is 5.35. The van der Waals surface area contributed by atoms with E-state index in [0.717, 1.165) is 0 Å². The molecule has 0 aromatic heterocycles. The molecule has 3 amide bonds. The molecule has 5 atom stereocenters. The fourth-order valence-electron chi connectivity index (χ4n) is 3.05. The molecule has 0 aliphatic heterocycles. The van der Waals surface area contributed by atoms with Gasteiger partial charge in [0.15, 0.2) is 12.0 Å². The van der Waals surface area contributed by atoms with Gasteiger partial charge in [-0.2, -0.15) is 11.8 Å². The van der Waals surface area contributed by atoms with Crippen LogP contribution in [0.4, 0.5) is 0 Å². The Morgan fingerprint density at radius 2 is 1.51 bits per heavy atom. The number of nitrogens with one attached hydrogen (secondary N) is 3. The molecule has 0 aliphatic carbocycles. The van der Waals surface area contributed by atoms with Gasteiger partial charge in [0, 0.05) is 6.54 Å². The van der Waals surface area contributed by atoms with Gasteiger partial charge in [-0.1, -0.05) is 13.8 Å². The van der Waals surface area contributed by atoms with E-state index in [1.54, 1.807) is 0 Å². The Hall–Kier alpha value is -2.58. The van der Waals surface area contributed by atoms with Crippen LogP contribution >= 0.6 is 11.8 Å². The van der Waals surface area contributed by atoms with E-state index in [1.165, 1.54) is 18.7 Å². The van der Waals surface area contributed by atoms with Crippen LogP contribution in [-0.2, 0) is 19.2 Å². The van der Waals surface area contributed by atoms with Gasteiger partial charge in [0.2, 0.25) is 17.7 Å². The lowest BCUT2D eigenvalue weighted by Gasteiger charge is -2.26. The summed E-state index contributed by atoms with van der Waals surface area (Å²) in [6, 6.07) is -4.43. The molecule has 0 spiro atoms. The Kier molecular flexibility index (Phi) is 15.7. The van der Waals surface area contributed by atoms with Gasteiger partial charge in [-0.05, 0) is 50.5 Å². The number of carbonyl (C=O) groups excluding carboxylic acids is 3. The summed E-state index contributed by atoms with van der Waals surface area (Å²) in [5, 5.41) is 26.4. The van der Waals surface area contributed by atoms with Crippen molar-refractivity contribution in [3.63, 3.8) is 0 Å². The van der Waals surface area contributed by atoms with Gasteiger partial charge >= 0.3 is 5.97 Å². The van der Waals surface area contributed by atoms with Crippen LogP contribution in [0.1, 0.15) is 46.5 Å². The first kappa shape index (κ1) is 32.4. The van der Waals surface area contributed by atoms with Crippen LogP contribution in [0.3, 0.4) is 0 Å². The maximum atomic E-state index is 13.0. The molecule has 0 heterocycles. The van der Waals surface area contributed by atoms with Crippen molar-refractivity contribution in [3.05, 3.63) is 0 Å². The second-order valence-corrected chi connectivity index (χ2v) is 9.64. The highest BCUT2D eigenvalue weighted by atomic mass is 32.2. The molecule has 0 bridgehead atoms. The van der Waals surface area contributed by atoms with Crippen molar-refractivity contribution in [2.45, 2.75) is 76.7 Å². The normalized spacial score (nSPS) is 15.3. The van der Waals surface area contributed by atoms with E-state index < -0.39 is 54.0 Å². The Morgan fingerprint density at radius 1 is 0.943 bits per heavy atom. The number of nitrogens with zero attached hydrogens (tertiary/aromatic N) is 1. The Morgan fingerprint density at radius 3 is 2.00 bits per heavy atom. The number of amides is 3. The third kappa shape index (κ3) is 13.8. The van der Waals surface area contributed by atoms with Crippen LogP contribution in [-0.4, -0.2) is 88.7 Å². The molecule has 0 radical (unpaired) electrons. The first-order valence-corrected chi connectivity index (χ1v) is 12.8. The van der Waals surface area contributed by atoms with Gasteiger partial charge in [-0.15, -0.1) is 0 Å². The maximum absolute atomic E-state index is 13.0. The fraction of sp³-hybridized carbons (Fsp3) is 0.762. The number of nitrogens with two attached hydrogens (primary N) is 3. The summed E-state index contributed by atoms with van der Waals surface area (Å²) in [6.45, 7) is 5.23. The number of hydrogen-bond donors (Lipinski definition) is 8. The smallest absolute Gasteiger partial charge is 0.328 e. The number of rotatable bonds is 17. The van der Waals surface area contributed by atoms with Gasteiger partial charge < -0.3 is 43.4 Å². The predicted octanol–water partition coefficient (Wildman–Crippen LogP) is -1.91. The third-order valence-corrected chi connectivity index (χ3v) is 5.58. The standard InChI is InChI=1S/C21H41N7O6S/c1-11(2)10-15(19(32)28-16(12(3)29)20(33)34)27-18(31)14(7-9-35-4)26-17(30)13(22)6-5-8-25-21(23)24/h11-16,29H,5-10,22H2,1-4H3,(H,26,30)(H,27,31)(H,28,32)(H,33,34)(H4,23,24,25). The second kappa shape index (κ2) is 16.9. The number of carboxylic acids is 1. The molecule has 0 fully saturated rings. The molecule has 0 aliphatic rings. The van der Waals surface area contributed by atoms with E-state index in [0.29, 0.717) is 31.6 Å². The number of aliphatic hydroxyl groups is 1. The number of hydrogen-bond acceptors (Lipinski definition) is 8. The van der Waals surface area contributed by atoms with Crippen molar-refractivity contribution in [1.29, 1.82) is 0 Å². The lowest BCUT2D eigenvalue weighted by atomic mass is 10.0. The number of carbonyl (C=O) groups is 4. The summed E-state index contributed by atoms with van der Waals surface area (Å²) >= 11 is 1.48. The fourth-order valence-corrected chi connectivity index (χ4v) is 3.52. The van der Waals surface area contributed by atoms with Crippen LogP contribution < -0.4 is 33.2 Å². The van der Waals surface area contributed by atoms with Gasteiger partial charge in [0.05, 0.1) is 12.1 Å². The average molecular weight is 520 g/mol. The summed E-state index contributed by atoms with van der Waals surface area (Å²) in [6.07, 6.45) is 1.79. The lowest BCUT2D eigenvalue weighted by Crippen LogP contribution is -2.58. The van der Waals surface area contributed by atoms with Crippen LogP contribution in [0.25, 0.3) is 0 Å². The summed E-state index contributed by atoms with van der Waals surface area (Å²) < 4.78 is 0. The molecule has 0 aromatic rings. The number of aliphatic carboxylic acids is 1. The number of aliphatic hydroxyl groups excluding tert-OH is 1. The average Bonchev–Trinajstić information content (AvgIpc) is 2.75. The third-order valence-electron chi connectivity index (χ3n) is 4.93. The van der Waals surface area contributed by atoms with E-state index in [9.17, 15) is 29.4 Å².